The van der Waals surface area contributed by atoms with E-state index in [-0.39, 0.29) is 17.5 Å². The molecule has 0 spiro atoms. The maximum absolute atomic E-state index is 12.4. The largest absolute Gasteiger partial charge is 0.335 e. The van der Waals surface area contributed by atoms with Crippen LogP contribution in [0, 0.1) is 16.0 Å². The number of carbonyl (C=O) groups is 1. The van der Waals surface area contributed by atoms with Crippen molar-refractivity contribution in [3.63, 3.8) is 0 Å². The molecule has 106 valence electrons. The van der Waals surface area contributed by atoms with Crippen molar-refractivity contribution in [2.45, 2.75) is 25.4 Å². The van der Waals surface area contributed by atoms with Gasteiger partial charge in [-0.15, -0.1) is 0 Å². The zero-order valence-corrected chi connectivity index (χ0v) is 11.1. The molecule has 6 heteroatoms. The fraction of sp³-hybridized carbons (Fsp3) is 0.500. The van der Waals surface area contributed by atoms with Crippen LogP contribution in [0.5, 0.6) is 0 Å². The number of nitro benzene ring substituents is 1. The van der Waals surface area contributed by atoms with Gasteiger partial charge in [0.05, 0.1) is 10.8 Å². The van der Waals surface area contributed by atoms with Gasteiger partial charge in [0.2, 0.25) is 5.91 Å². The Labute approximate surface area is 116 Å². The van der Waals surface area contributed by atoms with Gasteiger partial charge in [-0.25, -0.2) is 0 Å². The molecular formula is C14H17N3O3. The van der Waals surface area contributed by atoms with E-state index >= 15 is 0 Å². The third-order valence-corrected chi connectivity index (χ3v) is 3.88. The molecule has 1 aromatic carbocycles. The van der Waals surface area contributed by atoms with Crippen LogP contribution in [0.3, 0.4) is 0 Å². The maximum Gasteiger partial charge on any atom is 0.269 e. The first kappa shape index (κ1) is 13.1. The molecule has 1 aliphatic carbocycles. The highest BCUT2D eigenvalue weighted by atomic mass is 16.6. The fourth-order valence-corrected chi connectivity index (χ4v) is 2.44. The van der Waals surface area contributed by atoms with Gasteiger partial charge in [0.15, 0.2) is 0 Å². The summed E-state index contributed by atoms with van der Waals surface area (Å²) >= 11 is 0. The number of hydrogen-bond donors (Lipinski definition) is 1. The van der Waals surface area contributed by atoms with Gasteiger partial charge in [0.1, 0.15) is 0 Å². The molecule has 1 aliphatic heterocycles. The molecule has 1 saturated heterocycles. The van der Waals surface area contributed by atoms with E-state index in [9.17, 15) is 14.9 Å². The van der Waals surface area contributed by atoms with Crippen molar-refractivity contribution in [3.8, 4) is 0 Å². The van der Waals surface area contributed by atoms with Gasteiger partial charge >= 0.3 is 0 Å². The second-order valence-electron chi connectivity index (χ2n) is 5.48. The number of amides is 1. The van der Waals surface area contributed by atoms with Crippen LogP contribution in [-0.2, 0) is 11.3 Å². The van der Waals surface area contributed by atoms with E-state index in [4.69, 9.17) is 0 Å². The summed E-state index contributed by atoms with van der Waals surface area (Å²) in [7, 11) is 0. The molecule has 1 heterocycles. The van der Waals surface area contributed by atoms with Crippen LogP contribution in [-0.4, -0.2) is 34.9 Å². The number of non-ortho nitro benzene ring substituents is 1. The molecule has 0 atom stereocenters. The van der Waals surface area contributed by atoms with Gasteiger partial charge in [-0.3, -0.25) is 14.9 Å². The molecule has 2 fully saturated rings. The summed E-state index contributed by atoms with van der Waals surface area (Å²) in [6, 6.07) is 6.87. The summed E-state index contributed by atoms with van der Waals surface area (Å²) in [4.78, 5) is 24.7. The van der Waals surface area contributed by atoms with Gasteiger partial charge in [0.25, 0.3) is 5.69 Å². The topological polar surface area (TPSA) is 75.5 Å². The highest BCUT2D eigenvalue weighted by Gasteiger charge is 2.37. The van der Waals surface area contributed by atoms with E-state index in [2.05, 4.69) is 5.32 Å². The van der Waals surface area contributed by atoms with E-state index in [1.165, 1.54) is 6.07 Å². The number of benzene rings is 1. The van der Waals surface area contributed by atoms with Crippen molar-refractivity contribution in [1.82, 2.24) is 10.2 Å². The Morgan fingerprint density at radius 1 is 1.40 bits per heavy atom. The summed E-state index contributed by atoms with van der Waals surface area (Å²) in [5.41, 5.74) is 0.905. The zero-order valence-electron chi connectivity index (χ0n) is 11.1. The Kier molecular flexibility index (Phi) is 3.40. The van der Waals surface area contributed by atoms with Crippen molar-refractivity contribution >= 4 is 11.6 Å². The second-order valence-corrected chi connectivity index (χ2v) is 5.48. The lowest BCUT2D eigenvalue weighted by molar-refractivity contribution is -0.384. The number of nitrogens with zero attached hydrogens (tertiary/aromatic N) is 2. The lowest BCUT2D eigenvalue weighted by Crippen LogP contribution is -2.52. The Balaban J connectivity index is 1.74. The van der Waals surface area contributed by atoms with Gasteiger partial charge in [0, 0.05) is 37.8 Å². The fourth-order valence-electron chi connectivity index (χ4n) is 2.44. The minimum absolute atomic E-state index is 0.0781. The molecule has 0 unspecified atom stereocenters. The SMILES string of the molecule is O=C(C1CNC1)N(Cc1cccc([N+](=O)[O-])c1)C1CC1. The smallest absolute Gasteiger partial charge is 0.269 e. The average molecular weight is 275 g/mol. The third-order valence-electron chi connectivity index (χ3n) is 3.88. The molecule has 20 heavy (non-hydrogen) atoms. The van der Waals surface area contributed by atoms with Crippen LogP contribution in [0.25, 0.3) is 0 Å². The Morgan fingerprint density at radius 3 is 2.70 bits per heavy atom. The molecule has 6 nitrogen and oxygen atoms in total. The van der Waals surface area contributed by atoms with Crippen LogP contribution in [0.4, 0.5) is 5.69 Å². The quantitative estimate of drug-likeness (QED) is 0.649. The van der Waals surface area contributed by atoms with Crippen molar-refractivity contribution in [2.75, 3.05) is 13.1 Å². The first-order chi connectivity index (χ1) is 9.65. The predicted molar refractivity (Wildman–Crippen MR) is 73.0 cm³/mol. The Hall–Kier alpha value is -1.95. The van der Waals surface area contributed by atoms with Crippen LogP contribution < -0.4 is 5.32 Å². The lowest BCUT2D eigenvalue weighted by Gasteiger charge is -2.32. The highest BCUT2D eigenvalue weighted by molar-refractivity contribution is 5.80. The molecule has 3 rings (SSSR count). The normalized spacial score (nSPS) is 18.4. The van der Waals surface area contributed by atoms with Gasteiger partial charge < -0.3 is 10.2 Å². The molecule has 1 N–H and O–H groups in total. The van der Waals surface area contributed by atoms with E-state index in [1.807, 2.05) is 11.0 Å². The molecule has 0 bridgehead atoms. The summed E-state index contributed by atoms with van der Waals surface area (Å²) in [5, 5.41) is 13.9. The second kappa shape index (κ2) is 5.20. The lowest BCUT2D eigenvalue weighted by atomic mass is 10.0. The van der Waals surface area contributed by atoms with E-state index in [1.54, 1.807) is 12.1 Å². The maximum atomic E-state index is 12.4. The molecule has 0 aromatic heterocycles. The number of nitrogens with one attached hydrogen (secondary N) is 1. The third kappa shape index (κ3) is 2.65. The highest BCUT2D eigenvalue weighted by Crippen LogP contribution is 2.30. The molecule has 1 aromatic rings. The molecule has 2 aliphatic rings. The van der Waals surface area contributed by atoms with Crippen molar-refractivity contribution < 1.29 is 9.72 Å². The van der Waals surface area contributed by atoms with Crippen molar-refractivity contribution in [1.29, 1.82) is 0 Å². The Bertz CT molecular complexity index is 538. The Morgan fingerprint density at radius 2 is 2.15 bits per heavy atom. The molecule has 1 amide bonds. The van der Waals surface area contributed by atoms with Crippen LogP contribution in [0.2, 0.25) is 0 Å². The monoisotopic (exact) mass is 275 g/mol. The first-order valence-corrected chi connectivity index (χ1v) is 6.89. The summed E-state index contributed by atoms with van der Waals surface area (Å²) < 4.78 is 0. The summed E-state index contributed by atoms with van der Waals surface area (Å²) in [6.07, 6.45) is 2.08. The predicted octanol–water partition coefficient (Wildman–Crippen LogP) is 1.31. The minimum Gasteiger partial charge on any atom is -0.335 e. The van der Waals surface area contributed by atoms with Gasteiger partial charge in [-0.2, -0.15) is 0 Å². The number of carbonyl (C=O) groups excluding carboxylic acids is 1. The first-order valence-electron chi connectivity index (χ1n) is 6.89. The molecule has 1 saturated carbocycles. The van der Waals surface area contributed by atoms with Crippen molar-refractivity contribution in [2.24, 2.45) is 5.92 Å². The molecular weight excluding hydrogens is 258 g/mol. The standard InChI is InChI=1S/C14H17N3O3/c18-14(11-7-15-8-11)16(12-4-5-12)9-10-2-1-3-13(6-10)17(19)20/h1-3,6,11-12,15H,4-5,7-9H2. The zero-order chi connectivity index (χ0) is 14.1. The van der Waals surface area contributed by atoms with Gasteiger partial charge in [-0.1, -0.05) is 12.1 Å². The number of hydrogen-bond acceptors (Lipinski definition) is 4. The van der Waals surface area contributed by atoms with Gasteiger partial charge in [-0.05, 0) is 18.4 Å². The van der Waals surface area contributed by atoms with E-state index < -0.39 is 4.92 Å². The van der Waals surface area contributed by atoms with Crippen LogP contribution >= 0.6 is 0 Å². The number of nitro groups is 1. The number of rotatable bonds is 5. The van der Waals surface area contributed by atoms with Crippen LogP contribution in [0.15, 0.2) is 24.3 Å². The molecule has 0 radical (unpaired) electrons. The van der Waals surface area contributed by atoms with Crippen molar-refractivity contribution in [3.05, 3.63) is 39.9 Å². The van der Waals surface area contributed by atoms with E-state index in [0.29, 0.717) is 12.6 Å². The summed E-state index contributed by atoms with van der Waals surface area (Å²) in [6.45, 7) is 1.97. The minimum atomic E-state index is -0.400. The summed E-state index contributed by atoms with van der Waals surface area (Å²) in [5.74, 6) is 0.257. The van der Waals surface area contributed by atoms with Crippen LogP contribution in [0.1, 0.15) is 18.4 Å². The average Bonchev–Trinajstić information content (AvgIpc) is 3.18. The van der Waals surface area contributed by atoms with E-state index in [0.717, 1.165) is 31.5 Å².